The van der Waals surface area contributed by atoms with Gasteiger partial charge in [-0.15, -0.1) is 6.58 Å². The predicted molar refractivity (Wildman–Crippen MR) is 51.5 cm³/mol. The predicted octanol–water partition coefficient (Wildman–Crippen LogP) is 1.81. The SMILES string of the molecule is C=CC(C)(O)CCCC(C)C(=O)O. The maximum atomic E-state index is 10.4. The van der Waals surface area contributed by atoms with Crippen molar-refractivity contribution in [2.24, 2.45) is 5.92 Å². The molecular formula is C10H18O3. The first-order valence-corrected chi connectivity index (χ1v) is 4.48. The fraction of sp³-hybridized carbons (Fsp3) is 0.700. The van der Waals surface area contributed by atoms with Gasteiger partial charge in [-0.3, -0.25) is 4.79 Å². The van der Waals surface area contributed by atoms with Crippen LogP contribution in [0.25, 0.3) is 0 Å². The number of hydrogen-bond donors (Lipinski definition) is 2. The van der Waals surface area contributed by atoms with E-state index in [2.05, 4.69) is 6.58 Å². The zero-order valence-electron chi connectivity index (χ0n) is 8.29. The summed E-state index contributed by atoms with van der Waals surface area (Å²) in [4.78, 5) is 10.4. The van der Waals surface area contributed by atoms with Crippen LogP contribution in [0.4, 0.5) is 0 Å². The summed E-state index contributed by atoms with van der Waals surface area (Å²) in [6.07, 6.45) is 3.35. The van der Waals surface area contributed by atoms with E-state index in [1.165, 1.54) is 6.08 Å². The van der Waals surface area contributed by atoms with Crippen LogP contribution in [0.2, 0.25) is 0 Å². The van der Waals surface area contributed by atoms with Gasteiger partial charge in [-0.1, -0.05) is 13.0 Å². The van der Waals surface area contributed by atoms with Crippen LogP contribution in [0.3, 0.4) is 0 Å². The summed E-state index contributed by atoms with van der Waals surface area (Å²) in [5.41, 5.74) is -0.863. The molecule has 3 heteroatoms. The first-order valence-electron chi connectivity index (χ1n) is 4.48. The van der Waals surface area contributed by atoms with E-state index in [4.69, 9.17) is 5.11 Å². The topological polar surface area (TPSA) is 57.5 Å². The molecule has 0 aliphatic heterocycles. The Morgan fingerprint density at radius 2 is 2.23 bits per heavy atom. The van der Waals surface area contributed by atoms with Crippen molar-refractivity contribution >= 4 is 5.97 Å². The van der Waals surface area contributed by atoms with Crippen LogP contribution in [0.15, 0.2) is 12.7 Å². The number of carboxylic acid groups (broad SMARTS) is 1. The minimum atomic E-state index is -0.863. The van der Waals surface area contributed by atoms with Crippen molar-refractivity contribution in [1.29, 1.82) is 0 Å². The molecule has 2 unspecified atom stereocenters. The quantitative estimate of drug-likeness (QED) is 0.622. The molecule has 0 aromatic rings. The second-order valence-electron chi connectivity index (χ2n) is 3.69. The van der Waals surface area contributed by atoms with E-state index in [9.17, 15) is 9.90 Å². The second-order valence-corrected chi connectivity index (χ2v) is 3.69. The monoisotopic (exact) mass is 186 g/mol. The molecule has 0 saturated heterocycles. The molecule has 2 N–H and O–H groups in total. The van der Waals surface area contributed by atoms with Crippen molar-refractivity contribution in [3.63, 3.8) is 0 Å². The molecule has 0 fully saturated rings. The van der Waals surface area contributed by atoms with E-state index in [0.29, 0.717) is 19.3 Å². The van der Waals surface area contributed by atoms with Gasteiger partial charge in [0.05, 0.1) is 11.5 Å². The average Bonchev–Trinajstić information content (AvgIpc) is 2.04. The number of aliphatic hydroxyl groups is 1. The normalized spacial score (nSPS) is 17.5. The Balaban J connectivity index is 3.68. The van der Waals surface area contributed by atoms with Crippen LogP contribution in [0, 0.1) is 5.92 Å². The van der Waals surface area contributed by atoms with Crippen molar-refractivity contribution in [3.05, 3.63) is 12.7 Å². The van der Waals surface area contributed by atoms with Gasteiger partial charge >= 0.3 is 5.97 Å². The van der Waals surface area contributed by atoms with Crippen LogP contribution in [-0.2, 0) is 4.79 Å². The maximum Gasteiger partial charge on any atom is 0.306 e. The van der Waals surface area contributed by atoms with E-state index in [1.54, 1.807) is 13.8 Å². The minimum absolute atomic E-state index is 0.333. The highest BCUT2D eigenvalue weighted by molar-refractivity contribution is 5.69. The molecule has 0 spiro atoms. The molecular weight excluding hydrogens is 168 g/mol. The molecule has 0 amide bonds. The van der Waals surface area contributed by atoms with Gasteiger partial charge in [0, 0.05) is 0 Å². The molecule has 13 heavy (non-hydrogen) atoms. The zero-order chi connectivity index (χ0) is 10.5. The van der Waals surface area contributed by atoms with Gasteiger partial charge in [0.25, 0.3) is 0 Å². The van der Waals surface area contributed by atoms with Crippen molar-refractivity contribution in [3.8, 4) is 0 Å². The van der Waals surface area contributed by atoms with E-state index in [1.807, 2.05) is 0 Å². The fourth-order valence-electron chi connectivity index (χ4n) is 0.992. The largest absolute Gasteiger partial charge is 0.481 e. The standard InChI is InChI=1S/C10H18O3/c1-4-10(3,13)7-5-6-8(2)9(11)12/h4,8,13H,1,5-7H2,2-3H3,(H,11,12). The van der Waals surface area contributed by atoms with E-state index < -0.39 is 11.6 Å². The van der Waals surface area contributed by atoms with Gasteiger partial charge in [0.15, 0.2) is 0 Å². The molecule has 0 radical (unpaired) electrons. The molecule has 0 rings (SSSR count). The lowest BCUT2D eigenvalue weighted by Gasteiger charge is -2.18. The Kier molecular flexibility index (Phi) is 4.70. The van der Waals surface area contributed by atoms with Gasteiger partial charge in [-0.25, -0.2) is 0 Å². The van der Waals surface area contributed by atoms with Crippen molar-refractivity contribution in [2.45, 2.75) is 38.7 Å². The molecule has 0 aromatic heterocycles. The average molecular weight is 186 g/mol. The van der Waals surface area contributed by atoms with Crippen molar-refractivity contribution < 1.29 is 15.0 Å². The lowest BCUT2D eigenvalue weighted by atomic mass is 9.95. The number of rotatable bonds is 6. The summed E-state index contributed by atoms with van der Waals surface area (Å²) < 4.78 is 0. The van der Waals surface area contributed by atoms with E-state index in [0.717, 1.165) is 0 Å². The van der Waals surface area contributed by atoms with Crippen LogP contribution in [0.5, 0.6) is 0 Å². The Morgan fingerprint density at radius 1 is 1.69 bits per heavy atom. The summed E-state index contributed by atoms with van der Waals surface area (Å²) >= 11 is 0. The molecule has 3 nitrogen and oxygen atoms in total. The maximum absolute atomic E-state index is 10.4. The van der Waals surface area contributed by atoms with Crippen molar-refractivity contribution in [2.75, 3.05) is 0 Å². The molecule has 0 saturated carbocycles. The Labute approximate surface area is 79.1 Å². The third kappa shape index (κ3) is 5.42. The molecule has 0 aliphatic rings. The molecule has 0 aromatic carbocycles. The third-order valence-corrected chi connectivity index (χ3v) is 2.18. The van der Waals surface area contributed by atoms with E-state index >= 15 is 0 Å². The summed E-state index contributed by atoms with van der Waals surface area (Å²) in [7, 11) is 0. The molecule has 0 aliphatic carbocycles. The second kappa shape index (κ2) is 5.02. The smallest absolute Gasteiger partial charge is 0.306 e. The molecule has 76 valence electrons. The fourth-order valence-corrected chi connectivity index (χ4v) is 0.992. The molecule has 0 heterocycles. The molecule has 0 bridgehead atoms. The Morgan fingerprint density at radius 3 is 2.62 bits per heavy atom. The first-order chi connectivity index (χ1) is 5.89. The number of hydrogen-bond acceptors (Lipinski definition) is 2. The van der Waals surface area contributed by atoms with Gasteiger partial charge in [-0.05, 0) is 26.2 Å². The van der Waals surface area contributed by atoms with Crippen molar-refractivity contribution in [1.82, 2.24) is 0 Å². The minimum Gasteiger partial charge on any atom is -0.481 e. The summed E-state index contributed by atoms with van der Waals surface area (Å²) in [6, 6.07) is 0. The highest BCUT2D eigenvalue weighted by atomic mass is 16.4. The van der Waals surface area contributed by atoms with E-state index in [-0.39, 0.29) is 5.92 Å². The number of carbonyl (C=O) groups is 1. The molecule has 2 atom stereocenters. The third-order valence-electron chi connectivity index (χ3n) is 2.18. The Hall–Kier alpha value is -0.830. The lowest BCUT2D eigenvalue weighted by Crippen LogP contribution is -2.20. The number of aliphatic carboxylic acids is 1. The van der Waals surface area contributed by atoms with Gasteiger partial charge < -0.3 is 10.2 Å². The van der Waals surface area contributed by atoms with Gasteiger partial charge in [-0.2, -0.15) is 0 Å². The number of carboxylic acids is 1. The lowest BCUT2D eigenvalue weighted by molar-refractivity contribution is -0.141. The zero-order valence-corrected chi connectivity index (χ0v) is 8.29. The van der Waals surface area contributed by atoms with Gasteiger partial charge in [0.1, 0.15) is 0 Å². The van der Waals surface area contributed by atoms with Crippen LogP contribution in [-0.4, -0.2) is 21.8 Å². The highest BCUT2D eigenvalue weighted by Gasteiger charge is 2.17. The first kappa shape index (κ1) is 12.2. The van der Waals surface area contributed by atoms with Gasteiger partial charge in [0.2, 0.25) is 0 Å². The van der Waals surface area contributed by atoms with Crippen LogP contribution in [0.1, 0.15) is 33.1 Å². The summed E-state index contributed by atoms with van der Waals surface area (Å²) in [6.45, 7) is 6.84. The summed E-state index contributed by atoms with van der Waals surface area (Å²) in [5.74, 6) is -1.11. The van der Waals surface area contributed by atoms with Crippen LogP contribution < -0.4 is 0 Å². The van der Waals surface area contributed by atoms with Crippen LogP contribution >= 0.6 is 0 Å². The summed E-state index contributed by atoms with van der Waals surface area (Å²) in [5, 5.41) is 18.1. The highest BCUT2D eigenvalue weighted by Crippen LogP contribution is 2.17. The Bertz CT molecular complexity index is 185.